The Morgan fingerprint density at radius 3 is 2.62 bits per heavy atom. The highest BCUT2D eigenvalue weighted by Gasteiger charge is 2.29. The van der Waals surface area contributed by atoms with Gasteiger partial charge in [0, 0.05) is 12.1 Å². The summed E-state index contributed by atoms with van der Waals surface area (Å²) in [5, 5.41) is 5.29. The lowest BCUT2D eigenvalue weighted by Gasteiger charge is -2.14. The van der Waals surface area contributed by atoms with E-state index in [2.05, 4.69) is 10.6 Å². The van der Waals surface area contributed by atoms with Crippen LogP contribution in [0.2, 0.25) is 0 Å². The summed E-state index contributed by atoms with van der Waals surface area (Å²) >= 11 is 0. The maximum atomic E-state index is 11.9. The van der Waals surface area contributed by atoms with E-state index in [-0.39, 0.29) is 17.5 Å². The van der Waals surface area contributed by atoms with Crippen LogP contribution in [0.15, 0.2) is 18.2 Å². The molecule has 1 aromatic carbocycles. The number of nitrogens with one attached hydrogen (secondary N) is 2. The van der Waals surface area contributed by atoms with E-state index in [1.165, 1.54) is 14.2 Å². The Labute approximate surface area is 123 Å². The SMILES string of the molecule is COc1ccc(NC(=O)NC2CCS(=O)(=O)C2)c(OC)c1. The zero-order valence-corrected chi connectivity index (χ0v) is 12.7. The number of carbonyl (C=O) groups is 1. The Kier molecular flexibility index (Phi) is 4.56. The van der Waals surface area contributed by atoms with Gasteiger partial charge in [0.2, 0.25) is 0 Å². The molecule has 1 aliphatic rings. The minimum atomic E-state index is -3.02. The molecule has 0 saturated carbocycles. The third kappa shape index (κ3) is 4.01. The van der Waals surface area contributed by atoms with Gasteiger partial charge in [0.15, 0.2) is 9.84 Å². The van der Waals surface area contributed by atoms with Crippen molar-refractivity contribution >= 4 is 21.6 Å². The van der Waals surface area contributed by atoms with Gasteiger partial charge in [-0.1, -0.05) is 0 Å². The first kappa shape index (κ1) is 15.4. The molecule has 7 nitrogen and oxygen atoms in total. The third-order valence-corrected chi connectivity index (χ3v) is 4.99. The van der Waals surface area contributed by atoms with Gasteiger partial charge in [-0.15, -0.1) is 0 Å². The molecule has 1 unspecified atom stereocenters. The van der Waals surface area contributed by atoms with E-state index >= 15 is 0 Å². The number of hydrogen-bond acceptors (Lipinski definition) is 5. The predicted molar refractivity (Wildman–Crippen MR) is 78.8 cm³/mol. The summed E-state index contributed by atoms with van der Waals surface area (Å²) < 4.78 is 32.9. The molecule has 1 heterocycles. The Morgan fingerprint density at radius 2 is 2.05 bits per heavy atom. The number of carbonyl (C=O) groups excluding carboxylic acids is 1. The maximum absolute atomic E-state index is 11.9. The molecule has 0 radical (unpaired) electrons. The number of rotatable bonds is 4. The van der Waals surface area contributed by atoms with Gasteiger partial charge >= 0.3 is 6.03 Å². The van der Waals surface area contributed by atoms with Crippen LogP contribution < -0.4 is 20.1 Å². The number of amides is 2. The van der Waals surface area contributed by atoms with Crippen LogP contribution in [0.5, 0.6) is 11.5 Å². The Morgan fingerprint density at radius 1 is 1.29 bits per heavy atom. The lowest BCUT2D eigenvalue weighted by Crippen LogP contribution is -2.38. The van der Waals surface area contributed by atoms with Crippen LogP contribution in [-0.4, -0.2) is 46.2 Å². The Hall–Kier alpha value is -1.96. The number of methoxy groups -OCH3 is 2. The zero-order chi connectivity index (χ0) is 15.5. The number of sulfone groups is 1. The summed E-state index contributed by atoms with van der Waals surface area (Å²) in [6.07, 6.45) is 0.440. The second kappa shape index (κ2) is 6.21. The fourth-order valence-electron chi connectivity index (χ4n) is 2.15. The van der Waals surface area contributed by atoms with Gasteiger partial charge in [-0.25, -0.2) is 13.2 Å². The van der Waals surface area contributed by atoms with Gasteiger partial charge in [-0.3, -0.25) is 0 Å². The average Bonchev–Trinajstić information content (AvgIpc) is 2.78. The first-order valence-corrected chi connectivity index (χ1v) is 8.25. The minimum absolute atomic E-state index is 0.0137. The van der Waals surface area contributed by atoms with Crippen molar-refractivity contribution in [2.24, 2.45) is 0 Å². The summed E-state index contributed by atoms with van der Waals surface area (Å²) in [7, 11) is 0.00482. The molecule has 21 heavy (non-hydrogen) atoms. The van der Waals surface area contributed by atoms with E-state index in [4.69, 9.17) is 9.47 Å². The lowest BCUT2D eigenvalue weighted by molar-refractivity contribution is 0.249. The molecule has 8 heteroatoms. The highest BCUT2D eigenvalue weighted by molar-refractivity contribution is 7.91. The molecule has 0 aromatic heterocycles. The number of urea groups is 1. The summed E-state index contributed by atoms with van der Waals surface area (Å²) in [6, 6.07) is 4.19. The fourth-order valence-corrected chi connectivity index (χ4v) is 3.83. The molecule has 0 aliphatic carbocycles. The standard InChI is InChI=1S/C13H18N2O5S/c1-19-10-3-4-11(12(7-10)20-2)15-13(16)14-9-5-6-21(17,18)8-9/h3-4,7,9H,5-6,8H2,1-2H3,(H2,14,15,16). The monoisotopic (exact) mass is 314 g/mol. The molecular weight excluding hydrogens is 296 g/mol. The van der Waals surface area contributed by atoms with E-state index in [9.17, 15) is 13.2 Å². The smallest absolute Gasteiger partial charge is 0.319 e. The topological polar surface area (TPSA) is 93.7 Å². The van der Waals surface area contributed by atoms with Gasteiger partial charge in [-0.05, 0) is 18.6 Å². The van der Waals surface area contributed by atoms with Crippen LogP contribution in [0.1, 0.15) is 6.42 Å². The summed E-state index contributed by atoms with van der Waals surface area (Å²) in [5.41, 5.74) is 0.483. The molecule has 1 atom stereocenters. The third-order valence-electron chi connectivity index (χ3n) is 3.22. The summed E-state index contributed by atoms with van der Waals surface area (Å²) in [6.45, 7) is 0. The molecule has 1 aromatic rings. The molecule has 1 saturated heterocycles. The quantitative estimate of drug-likeness (QED) is 0.865. The normalized spacial score (nSPS) is 19.8. The average molecular weight is 314 g/mol. The first-order valence-electron chi connectivity index (χ1n) is 6.43. The van der Waals surface area contributed by atoms with Crippen LogP contribution in [-0.2, 0) is 9.84 Å². The van der Waals surface area contributed by atoms with Gasteiger partial charge < -0.3 is 20.1 Å². The van der Waals surface area contributed by atoms with E-state index in [1.54, 1.807) is 18.2 Å². The van der Waals surface area contributed by atoms with Gasteiger partial charge in [-0.2, -0.15) is 0 Å². The highest BCUT2D eigenvalue weighted by atomic mass is 32.2. The minimum Gasteiger partial charge on any atom is -0.497 e. The molecule has 2 amide bonds. The molecular formula is C13H18N2O5S. The molecule has 0 bridgehead atoms. The molecule has 116 valence electrons. The van der Waals surface area contributed by atoms with E-state index in [0.29, 0.717) is 23.6 Å². The van der Waals surface area contributed by atoms with Crippen molar-refractivity contribution in [1.82, 2.24) is 5.32 Å². The van der Waals surface area contributed by atoms with Crippen molar-refractivity contribution < 1.29 is 22.7 Å². The van der Waals surface area contributed by atoms with Crippen molar-refractivity contribution in [1.29, 1.82) is 0 Å². The van der Waals surface area contributed by atoms with Crippen LogP contribution >= 0.6 is 0 Å². The van der Waals surface area contributed by atoms with Crippen LogP contribution in [0.3, 0.4) is 0 Å². The van der Waals surface area contributed by atoms with E-state index in [0.717, 1.165) is 0 Å². The van der Waals surface area contributed by atoms with Crippen LogP contribution in [0.25, 0.3) is 0 Å². The van der Waals surface area contributed by atoms with Crippen molar-refractivity contribution in [2.75, 3.05) is 31.0 Å². The second-order valence-electron chi connectivity index (χ2n) is 4.76. The zero-order valence-electron chi connectivity index (χ0n) is 11.9. The Balaban J connectivity index is 2.00. The number of ether oxygens (including phenoxy) is 2. The number of hydrogen-bond donors (Lipinski definition) is 2. The van der Waals surface area contributed by atoms with Crippen LogP contribution in [0.4, 0.5) is 10.5 Å². The fraction of sp³-hybridized carbons (Fsp3) is 0.462. The summed E-state index contributed by atoms with van der Waals surface area (Å²) in [5.74, 6) is 1.17. The predicted octanol–water partition coefficient (Wildman–Crippen LogP) is 1.01. The molecule has 2 N–H and O–H groups in total. The second-order valence-corrected chi connectivity index (χ2v) is 6.99. The molecule has 2 rings (SSSR count). The first-order chi connectivity index (χ1) is 9.93. The van der Waals surface area contributed by atoms with Crippen molar-refractivity contribution in [2.45, 2.75) is 12.5 Å². The number of benzene rings is 1. The lowest BCUT2D eigenvalue weighted by atomic mass is 10.2. The number of anilines is 1. The summed E-state index contributed by atoms with van der Waals surface area (Å²) in [4.78, 5) is 11.9. The highest BCUT2D eigenvalue weighted by Crippen LogP contribution is 2.28. The Bertz CT molecular complexity index is 629. The molecule has 0 spiro atoms. The van der Waals surface area contributed by atoms with E-state index in [1.807, 2.05) is 0 Å². The van der Waals surface area contributed by atoms with Gasteiger partial charge in [0.05, 0.1) is 31.4 Å². The largest absolute Gasteiger partial charge is 0.497 e. The van der Waals surface area contributed by atoms with Crippen molar-refractivity contribution in [3.8, 4) is 11.5 Å². The molecule has 1 aliphatic heterocycles. The maximum Gasteiger partial charge on any atom is 0.319 e. The molecule has 1 fully saturated rings. The van der Waals surface area contributed by atoms with Crippen molar-refractivity contribution in [3.63, 3.8) is 0 Å². The van der Waals surface area contributed by atoms with Crippen LogP contribution in [0, 0.1) is 0 Å². The van der Waals surface area contributed by atoms with Gasteiger partial charge in [0.1, 0.15) is 11.5 Å². The van der Waals surface area contributed by atoms with Crippen molar-refractivity contribution in [3.05, 3.63) is 18.2 Å². The van der Waals surface area contributed by atoms with Gasteiger partial charge in [0.25, 0.3) is 0 Å². The van der Waals surface area contributed by atoms with E-state index < -0.39 is 15.9 Å².